The zero-order valence-electron chi connectivity index (χ0n) is 22.6. The van der Waals surface area contributed by atoms with Gasteiger partial charge in [-0.05, 0) is 94.3 Å². The number of fused-ring (bicyclic) bond motifs is 2. The van der Waals surface area contributed by atoms with Crippen LogP contribution in [-0.2, 0) is 19.1 Å². The van der Waals surface area contributed by atoms with E-state index in [4.69, 9.17) is 9.47 Å². The van der Waals surface area contributed by atoms with Gasteiger partial charge in [0.1, 0.15) is 17.3 Å². The van der Waals surface area contributed by atoms with Crippen LogP contribution in [0.1, 0.15) is 86.5 Å². The molecule has 2 N–H and O–H groups in total. The van der Waals surface area contributed by atoms with Gasteiger partial charge >= 0.3 is 11.9 Å². The fraction of sp³-hybridized carbons (Fsp3) is 0.800. The van der Waals surface area contributed by atoms with Gasteiger partial charge in [0.25, 0.3) is 0 Å². The monoisotopic (exact) mass is 498 g/mol. The SMILES string of the molecule is CC1=CC[C@H]([C@](C)(O)[C@H]2CC[C@@]3(C)[C@@H]4C[C@@H](O)[C@H]5C(C)(C)OC(=O)C=C[C@@]56C[C@@]46CC[C@]23C)OC1=O. The number of allylic oxidation sites excluding steroid dienone is 1. The Labute approximate surface area is 214 Å². The number of hydrogen-bond acceptors (Lipinski definition) is 6. The quantitative estimate of drug-likeness (QED) is 0.546. The highest BCUT2D eigenvalue weighted by Crippen LogP contribution is 2.87. The van der Waals surface area contributed by atoms with E-state index < -0.39 is 23.4 Å². The van der Waals surface area contributed by atoms with Gasteiger partial charge in [-0.15, -0.1) is 0 Å². The van der Waals surface area contributed by atoms with Crippen LogP contribution < -0.4 is 0 Å². The first-order valence-corrected chi connectivity index (χ1v) is 13.9. The summed E-state index contributed by atoms with van der Waals surface area (Å²) in [5.74, 6) is -0.479. The standard InChI is InChI=1S/C30H42O6/c1-17-7-8-21(35-24(17)33)28(6,34)19-9-11-26(4)20-15-18(31)23-25(2,3)36-22(32)10-12-30(23)16-29(20,30)14-13-27(19,26)5/h7,10,12,18-21,23,31,34H,8-9,11,13-16H2,1-6H3/t18-,19+,20+,21-,23+,26+,27-,28-,29+,30-/m1/s1. The largest absolute Gasteiger partial charge is 0.456 e. The number of carbonyl (C=O) groups excluding carboxylic acids is 2. The summed E-state index contributed by atoms with van der Waals surface area (Å²) in [6, 6.07) is 0. The Morgan fingerprint density at radius 2 is 1.81 bits per heavy atom. The maximum absolute atomic E-state index is 12.5. The third kappa shape index (κ3) is 2.76. The summed E-state index contributed by atoms with van der Waals surface area (Å²) in [4.78, 5) is 24.8. The van der Waals surface area contributed by atoms with Crippen LogP contribution in [0.4, 0.5) is 0 Å². The lowest BCUT2D eigenvalue weighted by Crippen LogP contribution is -2.61. The summed E-state index contributed by atoms with van der Waals surface area (Å²) in [6.07, 6.45) is 10.6. The molecule has 198 valence electrons. The fourth-order valence-electron chi connectivity index (χ4n) is 10.8. The summed E-state index contributed by atoms with van der Waals surface area (Å²) in [5, 5.41) is 23.6. The minimum atomic E-state index is -1.13. The molecule has 4 fully saturated rings. The molecule has 0 unspecified atom stereocenters. The van der Waals surface area contributed by atoms with Crippen LogP contribution in [0.15, 0.2) is 23.8 Å². The van der Waals surface area contributed by atoms with Gasteiger partial charge in [-0.3, -0.25) is 0 Å². The van der Waals surface area contributed by atoms with E-state index in [1.54, 1.807) is 13.0 Å². The van der Waals surface area contributed by atoms with Crippen molar-refractivity contribution >= 4 is 11.9 Å². The van der Waals surface area contributed by atoms with Crippen LogP contribution >= 0.6 is 0 Å². The summed E-state index contributed by atoms with van der Waals surface area (Å²) < 4.78 is 11.6. The lowest BCUT2D eigenvalue weighted by molar-refractivity contribution is -0.205. The maximum atomic E-state index is 12.5. The minimum absolute atomic E-state index is 0.00690. The van der Waals surface area contributed by atoms with Crippen molar-refractivity contribution in [1.29, 1.82) is 0 Å². The van der Waals surface area contributed by atoms with E-state index in [2.05, 4.69) is 19.9 Å². The second-order valence-electron chi connectivity index (χ2n) is 14.2. The van der Waals surface area contributed by atoms with Crippen molar-refractivity contribution in [2.24, 2.45) is 39.4 Å². The van der Waals surface area contributed by atoms with Gasteiger partial charge in [-0.1, -0.05) is 26.0 Å². The number of cyclic esters (lactones) is 2. The predicted octanol–water partition coefficient (Wildman–Crippen LogP) is 4.48. The number of hydrogen-bond donors (Lipinski definition) is 2. The molecule has 0 saturated heterocycles. The summed E-state index contributed by atoms with van der Waals surface area (Å²) in [6.45, 7) is 12.3. The molecule has 0 aromatic carbocycles. The Morgan fingerprint density at radius 1 is 1.08 bits per heavy atom. The molecule has 2 aliphatic heterocycles. The van der Waals surface area contributed by atoms with Crippen LogP contribution in [0.3, 0.4) is 0 Å². The smallest absolute Gasteiger partial charge is 0.333 e. The fourth-order valence-corrected chi connectivity index (χ4v) is 10.8. The Kier molecular flexibility index (Phi) is 4.83. The molecule has 2 spiro atoms. The van der Waals surface area contributed by atoms with E-state index in [1.165, 1.54) is 0 Å². The van der Waals surface area contributed by atoms with Crippen LogP contribution in [0.5, 0.6) is 0 Å². The van der Waals surface area contributed by atoms with Gasteiger partial charge in [-0.2, -0.15) is 0 Å². The van der Waals surface area contributed by atoms with Gasteiger partial charge < -0.3 is 19.7 Å². The van der Waals surface area contributed by atoms with Crippen LogP contribution in [0, 0.1) is 39.4 Å². The molecule has 0 aromatic rings. The number of ether oxygens (including phenoxy) is 2. The number of aliphatic hydroxyl groups is 2. The third-order valence-electron chi connectivity index (χ3n) is 12.6. The number of carbonyl (C=O) groups is 2. The number of aliphatic hydroxyl groups excluding tert-OH is 1. The van der Waals surface area contributed by atoms with Crippen LogP contribution in [0.2, 0.25) is 0 Å². The molecule has 10 atom stereocenters. The molecule has 0 bridgehead atoms. The normalized spacial score (nSPS) is 52.3. The van der Waals surface area contributed by atoms with E-state index in [1.807, 2.05) is 26.8 Å². The molecule has 6 rings (SSSR count). The van der Waals surface area contributed by atoms with E-state index in [0.29, 0.717) is 24.3 Å². The summed E-state index contributed by atoms with van der Waals surface area (Å²) in [7, 11) is 0. The van der Waals surface area contributed by atoms with Gasteiger partial charge in [0.05, 0.1) is 6.10 Å². The minimum Gasteiger partial charge on any atom is -0.456 e. The number of rotatable bonds is 2. The zero-order valence-corrected chi connectivity index (χ0v) is 22.6. The molecule has 6 heteroatoms. The molecule has 36 heavy (non-hydrogen) atoms. The van der Waals surface area contributed by atoms with Crippen molar-refractivity contribution in [1.82, 2.24) is 0 Å². The topological polar surface area (TPSA) is 93.1 Å². The molecule has 0 radical (unpaired) electrons. The van der Waals surface area contributed by atoms with Gasteiger partial charge in [0.2, 0.25) is 0 Å². The maximum Gasteiger partial charge on any atom is 0.333 e. The highest BCUT2D eigenvalue weighted by atomic mass is 16.6. The molecule has 2 heterocycles. The Hall–Kier alpha value is -1.66. The average Bonchev–Trinajstić information content (AvgIpc) is 3.37. The average molecular weight is 499 g/mol. The molecule has 0 amide bonds. The van der Waals surface area contributed by atoms with E-state index >= 15 is 0 Å². The Morgan fingerprint density at radius 3 is 2.50 bits per heavy atom. The molecule has 0 aromatic heterocycles. The molecule has 4 saturated carbocycles. The molecule has 6 nitrogen and oxygen atoms in total. The third-order valence-corrected chi connectivity index (χ3v) is 12.6. The second kappa shape index (κ2) is 7.05. The van der Waals surface area contributed by atoms with Crippen molar-refractivity contribution in [3.63, 3.8) is 0 Å². The van der Waals surface area contributed by atoms with Gasteiger partial charge in [0, 0.05) is 29.4 Å². The number of esters is 2. The van der Waals surface area contributed by atoms with Crippen molar-refractivity contribution in [3.05, 3.63) is 23.8 Å². The zero-order chi connectivity index (χ0) is 26.1. The highest BCUT2D eigenvalue weighted by Gasteiger charge is 2.83. The highest BCUT2D eigenvalue weighted by molar-refractivity contribution is 5.88. The summed E-state index contributed by atoms with van der Waals surface area (Å²) >= 11 is 0. The van der Waals surface area contributed by atoms with E-state index in [-0.39, 0.29) is 45.4 Å². The Bertz CT molecular complexity index is 1090. The first-order valence-electron chi connectivity index (χ1n) is 13.9. The molecule has 6 aliphatic rings. The van der Waals surface area contributed by atoms with Crippen molar-refractivity contribution < 1.29 is 29.3 Å². The lowest BCUT2D eigenvalue weighted by atomic mass is 9.43. The van der Waals surface area contributed by atoms with Crippen LogP contribution in [-0.4, -0.2) is 45.6 Å². The van der Waals surface area contributed by atoms with Crippen molar-refractivity contribution in [3.8, 4) is 0 Å². The lowest BCUT2D eigenvalue weighted by Gasteiger charge is -2.62. The van der Waals surface area contributed by atoms with Crippen LogP contribution in [0.25, 0.3) is 0 Å². The van der Waals surface area contributed by atoms with E-state index in [0.717, 1.165) is 32.1 Å². The second-order valence-corrected chi connectivity index (χ2v) is 14.2. The first kappa shape index (κ1) is 24.7. The molecule has 4 aliphatic carbocycles. The summed E-state index contributed by atoms with van der Waals surface area (Å²) in [5.41, 5.74) is -1.66. The van der Waals surface area contributed by atoms with Crippen molar-refractivity contribution in [2.45, 2.75) is 110 Å². The van der Waals surface area contributed by atoms with E-state index in [9.17, 15) is 19.8 Å². The van der Waals surface area contributed by atoms with Crippen molar-refractivity contribution in [2.75, 3.05) is 0 Å². The van der Waals surface area contributed by atoms with Gasteiger partial charge in [0.15, 0.2) is 0 Å². The Balaban J connectivity index is 1.37. The molecular formula is C30H42O6. The first-order chi connectivity index (χ1) is 16.6. The van der Waals surface area contributed by atoms with Gasteiger partial charge in [-0.25, -0.2) is 9.59 Å². The predicted molar refractivity (Wildman–Crippen MR) is 133 cm³/mol. The molecular weight excluding hydrogens is 456 g/mol.